The predicted octanol–water partition coefficient (Wildman–Crippen LogP) is -0.371. The van der Waals surface area contributed by atoms with Gasteiger partial charge in [-0.05, 0) is 20.3 Å². The van der Waals surface area contributed by atoms with E-state index in [-0.39, 0.29) is 24.1 Å². The second kappa shape index (κ2) is 3.41. The Hall–Kier alpha value is -0.610. The van der Waals surface area contributed by atoms with Crippen LogP contribution < -0.4 is 11.1 Å². The summed E-state index contributed by atoms with van der Waals surface area (Å²) in [6.07, 6.45) is 0.945. The maximum Gasteiger partial charge on any atom is 0.231 e. The van der Waals surface area contributed by atoms with Crippen molar-refractivity contribution < 1.29 is 9.53 Å². The lowest BCUT2D eigenvalue weighted by Crippen LogP contribution is -2.46. The molecule has 0 radical (unpaired) electrons. The molecular formula is C8H16N2O2. The highest BCUT2D eigenvalue weighted by molar-refractivity contribution is 5.75. The molecule has 4 nitrogen and oxygen atoms in total. The summed E-state index contributed by atoms with van der Waals surface area (Å²) in [5, 5.41) is 3.07. The standard InChI is InChI=1S/C8H16N2O2/c1-8(2)6(3-4-12-8)10-5-7(9)11/h6,10H,3-5H2,1-2H3,(H2,9,11). The lowest BCUT2D eigenvalue weighted by atomic mass is 9.99. The van der Waals surface area contributed by atoms with Crippen molar-refractivity contribution in [2.75, 3.05) is 13.2 Å². The van der Waals surface area contributed by atoms with Gasteiger partial charge in [0.1, 0.15) is 0 Å². The molecule has 1 saturated heterocycles. The van der Waals surface area contributed by atoms with E-state index in [1.807, 2.05) is 13.8 Å². The van der Waals surface area contributed by atoms with Crippen molar-refractivity contribution >= 4 is 5.91 Å². The van der Waals surface area contributed by atoms with Crippen LogP contribution in [0.4, 0.5) is 0 Å². The summed E-state index contributed by atoms with van der Waals surface area (Å²) in [4.78, 5) is 10.5. The fraction of sp³-hybridized carbons (Fsp3) is 0.875. The third kappa shape index (κ3) is 2.19. The number of primary amides is 1. The minimum Gasteiger partial charge on any atom is -0.374 e. The van der Waals surface area contributed by atoms with E-state index >= 15 is 0 Å². The zero-order valence-electron chi connectivity index (χ0n) is 7.59. The number of hydrogen-bond acceptors (Lipinski definition) is 3. The van der Waals surface area contributed by atoms with E-state index in [9.17, 15) is 4.79 Å². The van der Waals surface area contributed by atoms with Crippen molar-refractivity contribution in [2.24, 2.45) is 5.73 Å². The maximum absolute atomic E-state index is 10.5. The number of amides is 1. The van der Waals surface area contributed by atoms with E-state index < -0.39 is 0 Å². The Labute approximate surface area is 72.5 Å². The zero-order chi connectivity index (χ0) is 9.19. The summed E-state index contributed by atoms with van der Waals surface area (Å²) in [7, 11) is 0. The zero-order valence-corrected chi connectivity index (χ0v) is 7.59. The number of nitrogens with two attached hydrogens (primary N) is 1. The SMILES string of the molecule is CC1(C)OCCC1NCC(N)=O. The molecule has 1 atom stereocenters. The molecule has 0 aromatic rings. The summed E-state index contributed by atoms with van der Waals surface area (Å²) < 4.78 is 5.47. The van der Waals surface area contributed by atoms with Gasteiger partial charge in [-0.25, -0.2) is 0 Å². The molecular weight excluding hydrogens is 156 g/mol. The highest BCUT2D eigenvalue weighted by Gasteiger charge is 2.35. The highest BCUT2D eigenvalue weighted by Crippen LogP contribution is 2.24. The monoisotopic (exact) mass is 172 g/mol. The Morgan fingerprint density at radius 3 is 2.83 bits per heavy atom. The van der Waals surface area contributed by atoms with Crippen molar-refractivity contribution in [1.82, 2.24) is 5.32 Å². The summed E-state index contributed by atoms with van der Waals surface area (Å²) in [6, 6.07) is 0.241. The van der Waals surface area contributed by atoms with Crippen molar-refractivity contribution in [1.29, 1.82) is 0 Å². The van der Waals surface area contributed by atoms with Crippen LogP contribution in [0.3, 0.4) is 0 Å². The van der Waals surface area contributed by atoms with Gasteiger partial charge in [0.05, 0.1) is 12.1 Å². The molecule has 0 aliphatic carbocycles. The average Bonchev–Trinajstić information content (AvgIpc) is 2.25. The van der Waals surface area contributed by atoms with Crippen LogP contribution in [-0.2, 0) is 9.53 Å². The van der Waals surface area contributed by atoms with E-state index in [1.54, 1.807) is 0 Å². The van der Waals surface area contributed by atoms with Crippen LogP contribution in [0.2, 0.25) is 0 Å². The molecule has 12 heavy (non-hydrogen) atoms. The van der Waals surface area contributed by atoms with Crippen LogP contribution in [0.15, 0.2) is 0 Å². The Bertz CT molecular complexity index is 180. The molecule has 0 aromatic heterocycles. The first-order chi connectivity index (χ1) is 5.52. The molecule has 0 aromatic carbocycles. The molecule has 1 heterocycles. The van der Waals surface area contributed by atoms with E-state index in [0.29, 0.717) is 0 Å². The summed E-state index contributed by atoms with van der Waals surface area (Å²) >= 11 is 0. The van der Waals surface area contributed by atoms with Gasteiger partial charge in [0.2, 0.25) is 5.91 Å². The molecule has 1 rings (SSSR count). The first-order valence-electron chi connectivity index (χ1n) is 4.18. The molecule has 1 aliphatic rings. The Balaban J connectivity index is 2.36. The number of ether oxygens (including phenoxy) is 1. The third-order valence-corrected chi connectivity index (χ3v) is 2.24. The Morgan fingerprint density at radius 1 is 1.75 bits per heavy atom. The number of rotatable bonds is 3. The summed E-state index contributed by atoms with van der Waals surface area (Å²) in [5.74, 6) is -0.322. The molecule has 0 saturated carbocycles. The molecule has 0 spiro atoms. The van der Waals surface area contributed by atoms with Crippen LogP contribution in [0, 0.1) is 0 Å². The van der Waals surface area contributed by atoms with Gasteiger partial charge in [-0.15, -0.1) is 0 Å². The number of nitrogens with one attached hydrogen (secondary N) is 1. The van der Waals surface area contributed by atoms with Crippen LogP contribution in [0.1, 0.15) is 20.3 Å². The van der Waals surface area contributed by atoms with E-state index in [2.05, 4.69) is 5.32 Å². The van der Waals surface area contributed by atoms with Gasteiger partial charge in [-0.2, -0.15) is 0 Å². The molecule has 3 N–H and O–H groups in total. The highest BCUT2D eigenvalue weighted by atomic mass is 16.5. The minimum absolute atomic E-state index is 0.171. The Morgan fingerprint density at radius 2 is 2.42 bits per heavy atom. The number of carbonyl (C=O) groups is 1. The van der Waals surface area contributed by atoms with Gasteiger partial charge in [-0.1, -0.05) is 0 Å². The van der Waals surface area contributed by atoms with Crippen molar-refractivity contribution in [3.63, 3.8) is 0 Å². The van der Waals surface area contributed by atoms with Crippen molar-refractivity contribution in [3.8, 4) is 0 Å². The van der Waals surface area contributed by atoms with Crippen molar-refractivity contribution in [3.05, 3.63) is 0 Å². The smallest absolute Gasteiger partial charge is 0.231 e. The van der Waals surface area contributed by atoms with Crippen LogP contribution in [-0.4, -0.2) is 30.7 Å². The largest absolute Gasteiger partial charge is 0.374 e. The maximum atomic E-state index is 10.5. The van der Waals surface area contributed by atoms with Gasteiger partial charge in [0.15, 0.2) is 0 Å². The van der Waals surface area contributed by atoms with Crippen LogP contribution in [0.25, 0.3) is 0 Å². The second-order valence-corrected chi connectivity index (χ2v) is 3.64. The molecule has 0 bridgehead atoms. The van der Waals surface area contributed by atoms with Gasteiger partial charge in [-0.3, -0.25) is 4.79 Å². The fourth-order valence-electron chi connectivity index (χ4n) is 1.46. The topological polar surface area (TPSA) is 64.3 Å². The van der Waals surface area contributed by atoms with Gasteiger partial charge in [0, 0.05) is 12.6 Å². The quantitative estimate of drug-likeness (QED) is 0.610. The number of hydrogen-bond donors (Lipinski definition) is 2. The van der Waals surface area contributed by atoms with Crippen LogP contribution >= 0.6 is 0 Å². The first kappa shape index (κ1) is 9.48. The van der Waals surface area contributed by atoms with E-state index in [1.165, 1.54) is 0 Å². The predicted molar refractivity (Wildman–Crippen MR) is 45.6 cm³/mol. The van der Waals surface area contributed by atoms with Gasteiger partial charge >= 0.3 is 0 Å². The van der Waals surface area contributed by atoms with E-state index in [4.69, 9.17) is 10.5 Å². The van der Waals surface area contributed by atoms with E-state index in [0.717, 1.165) is 13.0 Å². The second-order valence-electron chi connectivity index (χ2n) is 3.64. The molecule has 1 unspecified atom stereocenters. The fourth-order valence-corrected chi connectivity index (χ4v) is 1.46. The average molecular weight is 172 g/mol. The number of carbonyl (C=O) groups excluding carboxylic acids is 1. The van der Waals surface area contributed by atoms with Gasteiger partial charge in [0.25, 0.3) is 0 Å². The summed E-state index contributed by atoms with van der Waals surface area (Å²) in [5.41, 5.74) is 4.85. The normalized spacial score (nSPS) is 27.3. The summed E-state index contributed by atoms with van der Waals surface area (Å²) in [6.45, 7) is 5.01. The van der Waals surface area contributed by atoms with Crippen LogP contribution in [0.5, 0.6) is 0 Å². The molecule has 4 heteroatoms. The molecule has 1 amide bonds. The van der Waals surface area contributed by atoms with Crippen molar-refractivity contribution in [2.45, 2.75) is 31.9 Å². The molecule has 1 aliphatic heterocycles. The lowest BCUT2D eigenvalue weighted by Gasteiger charge is -2.26. The molecule has 70 valence electrons. The van der Waals surface area contributed by atoms with Gasteiger partial charge < -0.3 is 15.8 Å². The molecule has 1 fully saturated rings. The third-order valence-electron chi connectivity index (χ3n) is 2.24. The minimum atomic E-state index is -0.322. The lowest BCUT2D eigenvalue weighted by molar-refractivity contribution is -0.117. The first-order valence-corrected chi connectivity index (χ1v) is 4.18. The Kier molecular flexibility index (Phi) is 2.69.